The van der Waals surface area contributed by atoms with Gasteiger partial charge in [-0.3, -0.25) is 4.79 Å². The number of carbonyl (C=O) groups is 1. The smallest absolute Gasteiger partial charge is 0.306 e. The van der Waals surface area contributed by atoms with Gasteiger partial charge in [-0.2, -0.15) is 0 Å². The molecule has 9 heteroatoms. The van der Waals surface area contributed by atoms with Crippen LogP contribution in [0.5, 0.6) is 0 Å². The van der Waals surface area contributed by atoms with Gasteiger partial charge in [0.25, 0.3) is 0 Å². The van der Waals surface area contributed by atoms with Crippen LogP contribution in [0, 0.1) is 0 Å². The van der Waals surface area contributed by atoms with E-state index in [1.807, 2.05) is 0 Å². The minimum Gasteiger partial charge on any atom is -0.457 e. The van der Waals surface area contributed by atoms with Crippen molar-refractivity contribution in [3.05, 3.63) is 0 Å². The standard InChI is InChI=1S/C49H96O9/c1-3-5-7-9-11-13-15-17-19-21-23-25-27-29-31-33-35-37-39-55-41-43(42-56-49-48(54)47(53)46(52)44(40-50)58-49)57-45(51)38-36-34-32-30-28-26-24-22-20-18-16-14-12-10-8-6-4-2/h43-44,46-50,52-54H,3-42H2,1-2H3. The molecule has 1 aliphatic rings. The van der Waals surface area contributed by atoms with Crippen LogP contribution >= 0.6 is 0 Å². The molecule has 0 saturated carbocycles. The molecule has 4 N–H and O–H groups in total. The second-order valence-corrected chi connectivity index (χ2v) is 17.6. The number of hydrogen-bond donors (Lipinski definition) is 4. The fourth-order valence-electron chi connectivity index (χ4n) is 8.08. The van der Waals surface area contributed by atoms with E-state index in [0.717, 1.165) is 32.1 Å². The van der Waals surface area contributed by atoms with Gasteiger partial charge in [0.1, 0.15) is 30.5 Å². The Morgan fingerprint density at radius 3 is 1.22 bits per heavy atom. The van der Waals surface area contributed by atoms with Crippen LogP contribution in [0.15, 0.2) is 0 Å². The topological polar surface area (TPSA) is 135 Å². The number of carbonyl (C=O) groups excluding carboxylic acids is 1. The van der Waals surface area contributed by atoms with Crippen molar-refractivity contribution in [1.29, 1.82) is 0 Å². The third-order valence-electron chi connectivity index (χ3n) is 12.0. The fourth-order valence-corrected chi connectivity index (χ4v) is 8.08. The van der Waals surface area contributed by atoms with E-state index < -0.39 is 43.4 Å². The van der Waals surface area contributed by atoms with Crippen LogP contribution in [0.1, 0.15) is 245 Å². The fraction of sp³-hybridized carbons (Fsp3) is 0.980. The molecule has 346 valence electrons. The summed E-state index contributed by atoms with van der Waals surface area (Å²) in [5, 5.41) is 40.2. The highest BCUT2D eigenvalue weighted by Crippen LogP contribution is 2.23. The van der Waals surface area contributed by atoms with Crippen LogP contribution in [0.4, 0.5) is 0 Å². The summed E-state index contributed by atoms with van der Waals surface area (Å²) in [7, 11) is 0. The first-order valence-electron chi connectivity index (χ1n) is 25.1. The molecular weight excluding hydrogens is 733 g/mol. The van der Waals surface area contributed by atoms with Crippen molar-refractivity contribution in [1.82, 2.24) is 0 Å². The van der Waals surface area contributed by atoms with Crippen LogP contribution in [0.25, 0.3) is 0 Å². The van der Waals surface area contributed by atoms with E-state index in [1.54, 1.807) is 0 Å². The largest absolute Gasteiger partial charge is 0.457 e. The van der Waals surface area contributed by atoms with Crippen molar-refractivity contribution in [3.63, 3.8) is 0 Å². The zero-order valence-corrected chi connectivity index (χ0v) is 38.1. The third-order valence-corrected chi connectivity index (χ3v) is 12.0. The van der Waals surface area contributed by atoms with Gasteiger partial charge in [-0.15, -0.1) is 0 Å². The lowest BCUT2D eigenvalue weighted by atomic mass is 9.99. The van der Waals surface area contributed by atoms with Gasteiger partial charge in [0.15, 0.2) is 6.29 Å². The van der Waals surface area contributed by atoms with Gasteiger partial charge in [-0.05, 0) is 12.8 Å². The minimum absolute atomic E-state index is 0.105. The molecule has 58 heavy (non-hydrogen) atoms. The summed E-state index contributed by atoms with van der Waals surface area (Å²) >= 11 is 0. The summed E-state index contributed by atoms with van der Waals surface area (Å²) < 4.78 is 22.9. The first-order chi connectivity index (χ1) is 28.4. The second-order valence-electron chi connectivity index (χ2n) is 17.6. The van der Waals surface area contributed by atoms with Crippen molar-refractivity contribution in [2.75, 3.05) is 26.4 Å². The molecule has 1 fully saturated rings. The van der Waals surface area contributed by atoms with E-state index >= 15 is 0 Å². The quantitative estimate of drug-likeness (QED) is 0.0350. The predicted molar refractivity (Wildman–Crippen MR) is 238 cm³/mol. The Bertz CT molecular complexity index is 858. The molecule has 9 nitrogen and oxygen atoms in total. The van der Waals surface area contributed by atoms with Crippen LogP contribution in [-0.4, -0.2) is 89.6 Å². The molecule has 0 amide bonds. The Morgan fingerprint density at radius 2 is 0.845 bits per heavy atom. The summed E-state index contributed by atoms with van der Waals surface area (Å²) in [4.78, 5) is 12.8. The number of ether oxygens (including phenoxy) is 4. The number of aliphatic hydroxyl groups is 4. The highest BCUT2D eigenvalue weighted by Gasteiger charge is 2.44. The molecule has 0 aromatic carbocycles. The first kappa shape index (κ1) is 55.2. The van der Waals surface area contributed by atoms with Crippen molar-refractivity contribution in [2.45, 2.75) is 282 Å². The molecule has 0 bridgehead atoms. The highest BCUT2D eigenvalue weighted by atomic mass is 16.7. The molecule has 1 heterocycles. The number of rotatable bonds is 44. The van der Waals surface area contributed by atoms with E-state index in [4.69, 9.17) is 18.9 Å². The molecule has 1 rings (SSSR count). The van der Waals surface area contributed by atoms with E-state index in [0.29, 0.717) is 13.0 Å². The normalized spacial score (nSPS) is 20.1. The summed E-state index contributed by atoms with van der Waals surface area (Å²) in [6.07, 6.45) is 38.4. The number of hydrogen-bond acceptors (Lipinski definition) is 9. The van der Waals surface area contributed by atoms with Gasteiger partial charge in [0, 0.05) is 13.0 Å². The molecule has 0 aromatic heterocycles. The Labute approximate surface area is 357 Å². The van der Waals surface area contributed by atoms with Gasteiger partial charge < -0.3 is 39.4 Å². The molecule has 0 aromatic rings. The number of esters is 1. The minimum atomic E-state index is -1.53. The van der Waals surface area contributed by atoms with E-state index in [1.165, 1.54) is 193 Å². The summed E-state index contributed by atoms with van der Waals surface area (Å²) in [6.45, 7) is 4.63. The highest BCUT2D eigenvalue weighted by molar-refractivity contribution is 5.69. The van der Waals surface area contributed by atoms with Gasteiger partial charge in [0.2, 0.25) is 0 Å². The van der Waals surface area contributed by atoms with E-state index in [-0.39, 0.29) is 19.2 Å². The van der Waals surface area contributed by atoms with Gasteiger partial charge >= 0.3 is 5.97 Å². The third kappa shape index (κ3) is 32.0. The number of aliphatic hydroxyl groups excluding tert-OH is 4. The average molecular weight is 829 g/mol. The maximum absolute atomic E-state index is 12.8. The summed E-state index contributed by atoms with van der Waals surface area (Å²) in [5.41, 5.74) is 0. The molecule has 0 radical (unpaired) electrons. The Kier molecular flexibility index (Phi) is 39.5. The zero-order valence-electron chi connectivity index (χ0n) is 38.1. The Hall–Kier alpha value is -0.810. The van der Waals surface area contributed by atoms with Crippen molar-refractivity contribution < 1.29 is 44.2 Å². The van der Waals surface area contributed by atoms with Gasteiger partial charge in [0.05, 0.1) is 19.8 Å². The van der Waals surface area contributed by atoms with Gasteiger partial charge in [-0.25, -0.2) is 0 Å². The first-order valence-corrected chi connectivity index (χ1v) is 25.1. The lowest BCUT2D eigenvalue weighted by Crippen LogP contribution is -2.59. The Balaban J connectivity index is 2.19. The predicted octanol–water partition coefficient (Wildman–Crippen LogP) is 11.8. The number of unbranched alkanes of at least 4 members (excludes halogenated alkanes) is 33. The van der Waals surface area contributed by atoms with Gasteiger partial charge in [-0.1, -0.05) is 226 Å². The van der Waals surface area contributed by atoms with Crippen LogP contribution in [-0.2, 0) is 23.7 Å². The van der Waals surface area contributed by atoms with Crippen molar-refractivity contribution >= 4 is 5.97 Å². The van der Waals surface area contributed by atoms with Crippen LogP contribution < -0.4 is 0 Å². The lowest BCUT2D eigenvalue weighted by Gasteiger charge is -2.39. The SMILES string of the molecule is CCCCCCCCCCCCCCCCCCCCOCC(COC1OC(CO)C(O)C(O)C1O)OC(=O)CCCCCCCCCCCCCCCCCCC. The van der Waals surface area contributed by atoms with Crippen molar-refractivity contribution in [3.8, 4) is 0 Å². The maximum Gasteiger partial charge on any atom is 0.306 e. The molecule has 0 aliphatic carbocycles. The summed E-state index contributed by atoms with van der Waals surface area (Å²) in [5.74, 6) is -0.305. The molecule has 1 saturated heterocycles. The monoisotopic (exact) mass is 829 g/mol. The summed E-state index contributed by atoms with van der Waals surface area (Å²) in [6, 6.07) is 0. The molecule has 6 atom stereocenters. The second kappa shape index (κ2) is 41.5. The molecule has 1 aliphatic heterocycles. The Morgan fingerprint density at radius 1 is 0.483 bits per heavy atom. The zero-order chi connectivity index (χ0) is 42.2. The van der Waals surface area contributed by atoms with Crippen LogP contribution in [0.2, 0.25) is 0 Å². The average Bonchev–Trinajstić information content (AvgIpc) is 3.22. The van der Waals surface area contributed by atoms with Crippen molar-refractivity contribution in [2.24, 2.45) is 0 Å². The molecule has 6 unspecified atom stereocenters. The molecule has 0 spiro atoms. The molecular formula is C49H96O9. The van der Waals surface area contributed by atoms with E-state index in [9.17, 15) is 25.2 Å². The lowest BCUT2D eigenvalue weighted by molar-refractivity contribution is -0.305. The maximum atomic E-state index is 12.8. The van der Waals surface area contributed by atoms with Crippen LogP contribution in [0.3, 0.4) is 0 Å². The van der Waals surface area contributed by atoms with E-state index in [2.05, 4.69) is 13.8 Å².